The fourth-order valence-electron chi connectivity index (χ4n) is 3.41. The number of urea groups is 1. The molecule has 1 heterocycles. The van der Waals surface area contributed by atoms with Crippen LogP contribution in [-0.4, -0.2) is 46.8 Å². The molecule has 1 aliphatic heterocycles. The molecular weight excluding hydrogens is 366 g/mol. The van der Waals surface area contributed by atoms with Crippen LogP contribution in [0.15, 0.2) is 54.6 Å². The van der Waals surface area contributed by atoms with Crippen molar-refractivity contribution in [2.24, 2.45) is 0 Å². The zero-order valence-corrected chi connectivity index (χ0v) is 17.1. The number of carbonyl (C=O) groups excluding carboxylic acids is 3. The number of hydrogen-bond donors (Lipinski definition) is 1. The van der Waals surface area contributed by atoms with Crippen molar-refractivity contribution in [2.75, 3.05) is 13.6 Å². The van der Waals surface area contributed by atoms with Crippen LogP contribution in [0.4, 0.5) is 4.79 Å². The van der Waals surface area contributed by atoms with Gasteiger partial charge < -0.3 is 10.2 Å². The number of benzene rings is 2. The Labute approximate surface area is 171 Å². The van der Waals surface area contributed by atoms with E-state index >= 15 is 0 Å². The molecule has 1 aliphatic rings. The maximum Gasteiger partial charge on any atom is 0.325 e. The molecule has 1 saturated heterocycles. The number of nitrogens with zero attached hydrogens (tertiary/aromatic N) is 2. The monoisotopic (exact) mass is 393 g/mol. The third kappa shape index (κ3) is 4.83. The Morgan fingerprint density at radius 1 is 1.03 bits per heavy atom. The molecular formula is C23H27N3O3. The zero-order chi connectivity index (χ0) is 21.0. The van der Waals surface area contributed by atoms with E-state index in [-0.39, 0.29) is 18.4 Å². The quantitative estimate of drug-likeness (QED) is 0.736. The fourth-order valence-corrected chi connectivity index (χ4v) is 3.41. The minimum atomic E-state index is -0.997. The van der Waals surface area contributed by atoms with Gasteiger partial charge in [0.2, 0.25) is 5.91 Å². The highest BCUT2D eigenvalue weighted by Gasteiger charge is 2.48. The van der Waals surface area contributed by atoms with E-state index in [0.717, 1.165) is 21.6 Å². The van der Waals surface area contributed by atoms with Crippen molar-refractivity contribution in [3.05, 3.63) is 71.3 Å². The van der Waals surface area contributed by atoms with Gasteiger partial charge in [-0.2, -0.15) is 0 Å². The molecule has 6 nitrogen and oxygen atoms in total. The van der Waals surface area contributed by atoms with Crippen LogP contribution >= 0.6 is 0 Å². The lowest BCUT2D eigenvalue weighted by atomic mass is 9.93. The summed E-state index contributed by atoms with van der Waals surface area (Å²) < 4.78 is 0. The fraction of sp³-hybridized carbons (Fsp3) is 0.348. The van der Waals surface area contributed by atoms with Gasteiger partial charge in [-0.25, -0.2) is 4.79 Å². The van der Waals surface area contributed by atoms with Crippen molar-refractivity contribution < 1.29 is 14.4 Å². The first kappa shape index (κ1) is 20.6. The average Bonchev–Trinajstić information content (AvgIpc) is 2.92. The van der Waals surface area contributed by atoms with Gasteiger partial charge in [-0.3, -0.25) is 14.5 Å². The molecule has 2 aromatic carbocycles. The summed E-state index contributed by atoms with van der Waals surface area (Å²) in [5.74, 6) is -0.628. The molecule has 2 aromatic rings. The van der Waals surface area contributed by atoms with Crippen LogP contribution in [0.3, 0.4) is 0 Å². The second kappa shape index (κ2) is 8.47. The predicted octanol–water partition coefficient (Wildman–Crippen LogP) is 2.90. The highest BCUT2D eigenvalue weighted by Crippen LogP contribution is 2.23. The van der Waals surface area contributed by atoms with Crippen LogP contribution in [0.25, 0.3) is 0 Å². The van der Waals surface area contributed by atoms with Crippen molar-refractivity contribution >= 4 is 17.8 Å². The largest absolute Gasteiger partial charge is 0.340 e. The molecule has 0 aromatic heterocycles. The van der Waals surface area contributed by atoms with Crippen LogP contribution in [0, 0.1) is 6.92 Å². The summed E-state index contributed by atoms with van der Waals surface area (Å²) in [5, 5.41) is 2.77. The van der Waals surface area contributed by atoms with Gasteiger partial charge in [-0.1, -0.05) is 60.2 Å². The molecule has 152 valence electrons. The van der Waals surface area contributed by atoms with Gasteiger partial charge in [0.25, 0.3) is 5.91 Å². The van der Waals surface area contributed by atoms with Gasteiger partial charge in [-0.15, -0.1) is 0 Å². The molecule has 4 amide bonds. The minimum absolute atomic E-state index is 0.256. The van der Waals surface area contributed by atoms with Gasteiger partial charge in [0.15, 0.2) is 0 Å². The smallest absolute Gasteiger partial charge is 0.325 e. The molecule has 1 fully saturated rings. The van der Waals surface area contributed by atoms with Gasteiger partial charge in [0.1, 0.15) is 12.1 Å². The molecule has 0 bridgehead atoms. The third-order valence-electron chi connectivity index (χ3n) is 5.36. The van der Waals surface area contributed by atoms with Crippen molar-refractivity contribution in [2.45, 2.75) is 38.8 Å². The predicted molar refractivity (Wildman–Crippen MR) is 111 cm³/mol. The topological polar surface area (TPSA) is 69.7 Å². The van der Waals surface area contributed by atoms with Crippen LogP contribution in [-0.2, 0) is 22.6 Å². The number of carbonyl (C=O) groups is 3. The molecule has 3 rings (SSSR count). The molecule has 6 heteroatoms. The van der Waals surface area contributed by atoms with Crippen molar-refractivity contribution in [3.8, 4) is 0 Å². The van der Waals surface area contributed by atoms with Gasteiger partial charge in [-0.05, 0) is 37.8 Å². The summed E-state index contributed by atoms with van der Waals surface area (Å²) in [6, 6.07) is 17.2. The van der Waals surface area contributed by atoms with E-state index in [0.29, 0.717) is 19.4 Å². The van der Waals surface area contributed by atoms with Crippen LogP contribution in [0.5, 0.6) is 0 Å². The van der Waals surface area contributed by atoms with Crippen LogP contribution in [0.2, 0.25) is 0 Å². The summed E-state index contributed by atoms with van der Waals surface area (Å²) in [5.41, 5.74) is 2.25. The Balaban J connectivity index is 1.60. The van der Waals surface area contributed by atoms with Gasteiger partial charge in [0, 0.05) is 13.6 Å². The number of likely N-dealkylation sites (N-methyl/N-ethyl adjacent to an activating group) is 1. The standard InChI is InChI=1S/C23H27N3O3/c1-17-9-11-19(12-10-17)15-25(3)20(27)16-26-21(28)23(2,24-22(26)29)14-13-18-7-5-4-6-8-18/h4-12H,13-16H2,1-3H3,(H,24,29)/t23-/m0/s1. The number of nitrogens with one attached hydrogen (secondary N) is 1. The lowest BCUT2D eigenvalue weighted by Crippen LogP contribution is -2.45. The second-order valence-corrected chi connectivity index (χ2v) is 7.87. The Bertz CT molecular complexity index is 895. The second-order valence-electron chi connectivity index (χ2n) is 7.87. The molecule has 1 N–H and O–H groups in total. The summed E-state index contributed by atoms with van der Waals surface area (Å²) in [6.45, 7) is 3.89. The molecule has 29 heavy (non-hydrogen) atoms. The lowest BCUT2D eigenvalue weighted by Gasteiger charge is -2.23. The first-order valence-corrected chi connectivity index (χ1v) is 9.76. The maximum absolute atomic E-state index is 12.9. The van der Waals surface area contributed by atoms with Gasteiger partial charge >= 0.3 is 6.03 Å². The minimum Gasteiger partial charge on any atom is -0.340 e. The van der Waals surface area contributed by atoms with Crippen molar-refractivity contribution in [3.63, 3.8) is 0 Å². The highest BCUT2D eigenvalue weighted by atomic mass is 16.2. The van der Waals surface area contributed by atoms with Crippen LogP contribution < -0.4 is 5.32 Å². The average molecular weight is 393 g/mol. The molecule has 0 unspecified atom stereocenters. The third-order valence-corrected chi connectivity index (χ3v) is 5.36. The Hall–Kier alpha value is -3.15. The number of amides is 4. The summed E-state index contributed by atoms with van der Waals surface area (Å²) >= 11 is 0. The molecule has 0 spiro atoms. The summed E-state index contributed by atoms with van der Waals surface area (Å²) in [4.78, 5) is 40.4. The number of hydrogen-bond acceptors (Lipinski definition) is 3. The van der Waals surface area contributed by atoms with E-state index < -0.39 is 11.6 Å². The van der Waals surface area contributed by atoms with E-state index in [4.69, 9.17) is 0 Å². The van der Waals surface area contributed by atoms with E-state index in [1.165, 1.54) is 4.90 Å². The SMILES string of the molecule is Cc1ccc(CN(C)C(=O)CN2C(=O)N[C@@](C)(CCc3ccccc3)C2=O)cc1. The molecule has 0 radical (unpaired) electrons. The first-order chi connectivity index (χ1) is 13.8. The highest BCUT2D eigenvalue weighted by molar-refractivity contribution is 6.08. The van der Waals surface area contributed by atoms with Crippen molar-refractivity contribution in [1.82, 2.24) is 15.1 Å². The molecule has 0 aliphatic carbocycles. The number of imide groups is 1. The maximum atomic E-state index is 12.9. The van der Waals surface area contributed by atoms with E-state index in [1.807, 2.05) is 61.5 Å². The number of rotatable bonds is 7. The first-order valence-electron chi connectivity index (χ1n) is 9.76. The lowest BCUT2D eigenvalue weighted by molar-refractivity contribution is -0.138. The summed E-state index contributed by atoms with van der Waals surface area (Å²) in [7, 11) is 1.68. The Kier molecular flexibility index (Phi) is 6.01. The normalized spacial score (nSPS) is 18.7. The van der Waals surface area contributed by atoms with E-state index in [2.05, 4.69) is 5.32 Å². The van der Waals surface area contributed by atoms with Crippen LogP contribution in [0.1, 0.15) is 30.0 Å². The zero-order valence-electron chi connectivity index (χ0n) is 17.1. The molecule has 1 atom stereocenters. The van der Waals surface area contributed by atoms with E-state index in [1.54, 1.807) is 14.0 Å². The summed E-state index contributed by atoms with van der Waals surface area (Å²) in [6.07, 6.45) is 1.14. The van der Waals surface area contributed by atoms with Gasteiger partial charge in [0.05, 0.1) is 0 Å². The Morgan fingerprint density at radius 2 is 1.69 bits per heavy atom. The van der Waals surface area contributed by atoms with E-state index in [9.17, 15) is 14.4 Å². The van der Waals surface area contributed by atoms with Crippen molar-refractivity contribution in [1.29, 1.82) is 0 Å². The Morgan fingerprint density at radius 3 is 2.34 bits per heavy atom. The molecule has 0 saturated carbocycles. The number of aryl methyl sites for hydroxylation is 2.